The molecule has 6 nitrogen and oxygen atoms in total. The molecule has 0 aromatic rings. The highest BCUT2D eigenvalue weighted by Crippen LogP contribution is 2.15. The third-order valence-corrected chi connectivity index (χ3v) is 12.7. The molecule has 0 aliphatic rings. The van der Waals surface area contributed by atoms with Gasteiger partial charge in [0, 0.05) is 19.3 Å². The molecule has 0 saturated heterocycles. The van der Waals surface area contributed by atoms with Gasteiger partial charge in [-0.1, -0.05) is 235 Å². The van der Waals surface area contributed by atoms with Crippen molar-refractivity contribution >= 4 is 17.9 Å². The Balaban J connectivity index is 4.38. The molecule has 0 aliphatic carbocycles. The third kappa shape index (κ3) is 55.6. The first-order valence-electron chi connectivity index (χ1n) is 29.4. The first-order chi connectivity index (χ1) is 34.0. The van der Waals surface area contributed by atoms with Gasteiger partial charge in [-0.15, -0.1) is 0 Å². The quantitative estimate of drug-likeness (QED) is 0.0262. The number of ether oxygens (including phenoxy) is 3. The van der Waals surface area contributed by atoms with Gasteiger partial charge in [-0.25, -0.2) is 0 Å². The standard InChI is InChI=1S/C63H110O6/c1-4-7-10-13-16-19-22-25-28-29-30-31-32-33-36-38-41-44-47-50-53-56-62(65)68-59-60(69-63(66)57-54-51-48-45-42-39-35-27-24-21-18-15-12-9-6-3)58-67-61(64)55-52-49-46-43-40-37-34-26-23-20-17-14-11-8-5-2/h9,12,18,20-21,23,25,27-28,35,42,45,60H,4-8,10-11,13-17,19,22,24,26,29-34,36-41,43-44,46-59H2,1-3H3/b12-9-,21-18-,23-20-,28-25-,35-27-,45-42-/t60-/m0/s1. The van der Waals surface area contributed by atoms with E-state index < -0.39 is 6.10 Å². The van der Waals surface area contributed by atoms with Crippen molar-refractivity contribution in [2.45, 2.75) is 297 Å². The molecule has 0 spiro atoms. The highest BCUT2D eigenvalue weighted by molar-refractivity contribution is 5.71. The van der Waals surface area contributed by atoms with Gasteiger partial charge in [0.1, 0.15) is 13.2 Å². The van der Waals surface area contributed by atoms with E-state index in [4.69, 9.17) is 14.2 Å². The van der Waals surface area contributed by atoms with Crippen molar-refractivity contribution in [2.75, 3.05) is 13.2 Å². The largest absolute Gasteiger partial charge is 0.462 e. The van der Waals surface area contributed by atoms with E-state index in [1.165, 1.54) is 167 Å². The van der Waals surface area contributed by atoms with E-state index in [1.807, 2.05) is 0 Å². The van der Waals surface area contributed by atoms with Gasteiger partial charge < -0.3 is 14.2 Å². The lowest BCUT2D eigenvalue weighted by Crippen LogP contribution is -2.30. The zero-order chi connectivity index (χ0) is 50.0. The van der Waals surface area contributed by atoms with E-state index >= 15 is 0 Å². The number of rotatable bonds is 53. The van der Waals surface area contributed by atoms with Crippen LogP contribution in [0.4, 0.5) is 0 Å². The molecule has 6 heteroatoms. The molecule has 0 aliphatic heterocycles. The molecule has 0 aromatic heterocycles. The number of allylic oxidation sites excluding steroid dienone is 12. The predicted octanol–water partition coefficient (Wildman–Crippen LogP) is 19.8. The monoisotopic (exact) mass is 963 g/mol. The summed E-state index contributed by atoms with van der Waals surface area (Å²) in [5.41, 5.74) is 0. The number of hydrogen-bond acceptors (Lipinski definition) is 6. The predicted molar refractivity (Wildman–Crippen MR) is 298 cm³/mol. The van der Waals surface area contributed by atoms with Crippen LogP contribution in [-0.2, 0) is 28.6 Å². The molecule has 0 aromatic carbocycles. The Labute approximate surface area is 427 Å². The Bertz CT molecular complexity index is 1290. The zero-order valence-corrected chi connectivity index (χ0v) is 45.6. The van der Waals surface area contributed by atoms with Crippen LogP contribution >= 0.6 is 0 Å². The minimum Gasteiger partial charge on any atom is -0.462 e. The topological polar surface area (TPSA) is 78.9 Å². The Morgan fingerprint density at radius 2 is 0.565 bits per heavy atom. The maximum Gasteiger partial charge on any atom is 0.306 e. The normalized spacial score (nSPS) is 12.6. The maximum absolute atomic E-state index is 12.8. The summed E-state index contributed by atoms with van der Waals surface area (Å²) >= 11 is 0. The van der Waals surface area contributed by atoms with E-state index in [9.17, 15) is 14.4 Å². The molecule has 0 N–H and O–H groups in total. The van der Waals surface area contributed by atoms with Crippen LogP contribution in [0.1, 0.15) is 290 Å². The van der Waals surface area contributed by atoms with Crippen molar-refractivity contribution < 1.29 is 28.6 Å². The maximum atomic E-state index is 12.8. The number of hydrogen-bond donors (Lipinski definition) is 0. The summed E-state index contributed by atoms with van der Waals surface area (Å²) < 4.78 is 16.8. The summed E-state index contributed by atoms with van der Waals surface area (Å²) in [6.07, 6.45) is 73.3. The average molecular weight is 964 g/mol. The van der Waals surface area contributed by atoms with Crippen LogP contribution < -0.4 is 0 Å². The van der Waals surface area contributed by atoms with E-state index in [-0.39, 0.29) is 37.5 Å². The third-order valence-electron chi connectivity index (χ3n) is 12.7. The molecule has 398 valence electrons. The molecule has 1 atom stereocenters. The SMILES string of the molecule is CC/C=C\C/C=C\C/C=C\C/C=C\CCCCC(=O)O[C@@H](COC(=O)CCCCCCCCC/C=C\CCCCCC)COC(=O)CCCCCCCCCCCCC/C=C\CCCCCCCC. The average Bonchev–Trinajstić information content (AvgIpc) is 3.35. The molecule has 69 heavy (non-hydrogen) atoms. The van der Waals surface area contributed by atoms with Gasteiger partial charge in [0.15, 0.2) is 6.10 Å². The van der Waals surface area contributed by atoms with Crippen LogP contribution in [0.3, 0.4) is 0 Å². The molecular formula is C63H110O6. The Kier molecular flexibility index (Phi) is 54.8. The van der Waals surface area contributed by atoms with Crippen molar-refractivity contribution in [1.29, 1.82) is 0 Å². The van der Waals surface area contributed by atoms with Crippen LogP contribution in [0.25, 0.3) is 0 Å². The molecule has 0 radical (unpaired) electrons. The number of esters is 3. The van der Waals surface area contributed by atoms with Gasteiger partial charge in [0.2, 0.25) is 0 Å². The van der Waals surface area contributed by atoms with Gasteiger partial charge >= 0.3 is 17.9 Å². The number of carbonyl (C=O) groups is 3. The number of carbonyl (C=O) groups excluding carboxylic acids is 3. The zero-order valence-electron chi connectivity index (χ0n) is 45.6. The van der Waals surface area contributed by atoms with Crippen LogP contribution in [0.5, 0.6) is 0 Å². The van der Waals surface area contributed by atoms with Crippen molar-refractivity contribution in [3.05, 3.63) is 72.9 Å². The molecule has 0 bridgehead atoms. The van der Waals surface area contributed by atoms with Crippen molar-refractivity contribution in [3.8, 4) is 0 Å². The molecule has 0 rings (SSSR count). The fraction of sp³-hybridized carbons (Fsp3) is 0.762. The lowest BCUT2D eigenvalue weighted by molar-refractivity contribution is -0.167. The summed E-state index contributed by atoms with van der Waals surface area (Å²) in [5, 5.41) is 0. The Morgan fingerprint density at radius 1 is 0.304 bits per heavy atom. The summed E-state index contributed by atoms with van der Waals surface area (Å²) in [5.74, 6) is -0.931. The smallest absolute Gasteiger partial charge is 0.306 e. The van der Waals surface area contributed by atoms with Crippen molar-refractivity contribution in [3.63, 3.8) is 0 Å². The van der Waals surface area contributed by atoms with E-state index in [1.54, 1.807) is 0 Å². The minimum absolute atomic E-state index is 0.0927. The minimum atomic E-state index is -0.799. The summed E-state index contributed by atoms with van der Waals surface area (Å²) in [6.45, 7) is 6.49. The van der Waals surface area contributed by atoms with E-state index in [0.29, 0.717) is 19.3 Å². The van der Waals surface area contributed by atoms with E-state index in [2.05, 4.69) is 93.7 Å². The lowest BCUT2D eigenvalue weighted by atomic mass is 10.0. The van der Waals surface area contributed by atoms with Crippen molar-refractivity contribution in [2.24, 2.45) is 0 Å². The van der Waals surface area contributed by atoms with Gasteiger partial charge in [-0.2, -0.15) is 0 Å². The van der Waals surface area contributed by atoms with Crippen LogP contribution in [-0.4, -0.2) is 37.2 Å². The molecular weight excluding hydrogens is 853 g/mol. The Morgan fingerprint density at radius 3 is 0.942 bits per heavy atom. The summed E-state index contributed by atoms with van der Waals surface area (Å²) in [7, 11) is 0. The fourth-order valence-electron chi connectivity index (χ4n) is 8.25. The highest BCUT2D eigenvalue weighted by atomic mass is 16.6. The molecule has 0 unspecified atom stereocenters. The highest BCUT2D eigenvalue weighted by Gasteiger charge is 2.19. The van der Waals surface area contributed by atoms with E-state index in [0.717, 1.165) is 77.0 Å². The van der Waals surface area contributed by atoms with Crippen LogP contribution in [0.15, 0.2) is 72.9 Å². The molecule has 0 saturated carbocycles. The Hall–Kier alpha value is -3.15. The molecule has 0 heterocycles. The second kappa shape index (κ2) is 57.4. The summed E-state index contributed by atoms with van der Waals surface area (Å²) in [4.78, 5) is 38.2. The van der Waals surface area contributed by atoms with Gasteiger partial charge in [0.05, 0.1) is 0 Å². The van der Waals surface area contributed by atoms with Gasteiger partial charge in [-0.05, 0) is 109 Å². The molecule has 0 amide bonds. The first kappa shape index (κ1) is 65.8. The second-order valence-electron chi connectivity index (χ2n) is 19.5. The summed E-state index contributed by atoms with van der Waals surface area (Å²) in [6, 6.07) is 0. The van der Waals surface area contributed by atoms with Crippen LogP contribution in [0.2, 0.25) is 0 Å². The van der Waals surface area contributed by atoms with Crippen LogP contribution in [0, 0.1) is 0 Å². The lowest BCUT2D eigenvalue weighted by Gasteiger charge is -2.18. The number of unbranched alkanes of at least 4 members (excludes halogenated alkanes) is 30. The first-order valence-corrected chi connectivity index (χ1v) is 29.4. The molecule has 0 fully saturated rings. The van der Waals surface area contributed by atoms with Crippen molar-refractivity contribution in [1.82, 2.24) is 0 Å². The second-order valence-corrected chi connectivity index (χ2v) is 19.5. The van der Waals surface area contributed by atoms with Gasteiger partial charge in [0.25, 0.3) is 0 Å². The fourth-order valence-corrected chi connectivity index (χ4v) is 8.25. The van der Waals surface area contributed by atoms with Gasteiger partial charge in [-0.3, -0.25) is 14.4 Å².